The topological polar surface area (TPSA) is 91.4 Å². The molecule has 0 aliphatic carbocycles. The summed E-state index contributed by atoms with van der Waals surface area (Å²) < 4.78 is 70.1. The number of piperidine rings is 1. The predicted molar refractivity (Wildman–Crippen MR) is 130 cm³/mol. The number of alkyl halides is 3. The number of sulfonamides is 1. The highest BCUT2D eigenvalue weighted by atomic mass is 32.2. The van der Waals surface area contributed by atoms with E-state index in [-0.39, 0.29) is 37.4 Å². The lowest BCUT2D eigenvalue weighted by molar-refractivity contribution is -0.139. The first kappa shape index (κ1) is 25.6. The maximum atomic E-state index is 13.9. The number of benzene rings is 2. The maximum absolute atomic E-state index is 13.9. The Morgan fingerprint density at radius 1 is 1.00 bits per heavy atom. The van der Waals surface area contributed by atoms with E-state index in [2.05, 4.69) is 15.0 Å². The molecule has 7 nitrogen and oxygen atoms in total. The Bertz CT molecular complexity index is 1340. The minimum absolute atomic E-state index is 0.246. The molecular formula is C25H25F3N4O3S. The van der Waals surface area contributed by atoms with Gasteiger partial charge in [0.15, 0.2) is 0 Å². The van der Waals surface area contributed by atoms with E-state index in [1.165, 1.54) is 6.07 Å². The van der Waals surface area contributed by atoms with Crippen LogP contribution in [-0.4, -0.2) is 50.4 Å². The van der Waals surface area contributed by atoms with E-state index in [1.807, 2.05) is 0 Å². The molecule has 1 aromatic heterocycles. The summed E-state index contributed by atoms with van der Waals surface area (Å²) in [6.07, 6.45) is -2.77. The lowest BCUT2D eigenvalue weighted by Crippen LogP contribution is -2.46. The van der Waals surface area contributed by atoms with Gasteiger partial charge in [0.25, 0.3) is 5.91 Å². The Kier molecular flexibility index (Phi) is 7.32. The molecule has 3 aromatic rings. The number of rotatable bonds is 6. The Hall–Kier alpha value is -3.44. The number of anilines is 1. The summed E-state index contributed by atoms with van der Waals surface area (Å²) >= 11 is 0. The number of nitrogens with one attached hydrogen (secondary N) is 2. The largest absolute Gasteiger partial charge is 0.417 e. The molecule has 1 aliphatic rings. The quantitative estimate of drug-likeness (QED) is 0.505. The zero-order chi connectivity index (χ0) is 25.9. The average molecular weight is 519 g/mol. The fraction of sp³-hybridized carbons (Fsp3) is 0.280. The third-order valence-corrected chi connectivity index (χ3v) is 7.64. The van der Waals surface area contributed by atoms with Crippen molar-refractivity contribution in [3.05, 3.63) is 78.0 Å². The van der Waals surface area contributed by atoms with Crippen molar-refractivity contribution >= 4 is 21.7 Å². The lowest BCUT2D eigenvalue weighted by Gasteiger charge is -2.32. The molecule has 4 rings (SSSR count). The molecule has 0 bridgehead atoms. The number of aromatic nitrogens is 1. The zero-order valence-electron chi connectivity index (χ0n) is 19.4. The highest BCUT2D eigenvalue weighted by Crippen LogP contribution is 2.37. The van der Waals surface area contributed by atoms with Gasteiger partial charge in [0, 0.05) is 32.4 Å². The van der Waals surface area contributed by atoms with E-state index in [1.54, 1.807) is 60.6 Å². The number of hydrogen-bond acceptors (Lipinski definition) is 5. The van der Waals surface area contributed by atoms with E-state index >= 15 is 0 Å². The van der Waals surface area contributed by atoms with Gasteiger partial charge in [-0.25, -0.2) is 18.1 Å². The van der Waals surface area contributed by atoms with Crippen molar-refractivity contribution in [1.82, 2.24) is 14.6 Å². The third-order valence-electron chi connectivity index (χ3n) is 6.06. The van der Waals surface area contributed by atoms with Crippen LogP contribution in [0.15, 0.2) is 71.8 Å². The van der Waals surface area contributed by atoms with E-state index in [9.17, 15) is 26.4 Å². The summed E-state index contributed by atoms with van der Waals surface area (Å²) in [4.78, 5) is 17.8. The normalized spacial score (nSPS) is 15.1. The molecule has 0 saturated carbocycles. The lowest BCUT2D eigenvalue weighted by atomic mass is 10.0. The van der Waals surface area contributed by atoms with Crippen molar-refractivity contribution in [2.24, 2.45) is 0 Å². The van der Waals surface area contributed by atoms with E-state index in [0.29, 0.717) is 16.9 Å². The fourth-order valence-corrected chi connectivity index (χ4v) is 5.74. The van der Waals surface area contributed by atoms with Crippen LogP contribution in [0.2, 0.25) is 0 Å². The Morgan fingerprint density at radius 3 is 2.33 bits per heavy atom. The summed E-state index contributed by atoms with van der Waals surface area (Å²) in [7, 11) is -2.81. The number of hydrogen-bond donors (Lipinski definition) is 2. The van der Waals surface area contributed by atoms with Gasteiger partial charge in [-0.15, -0.1) is 0 Å². The van der Waals surface area contributed by atoms with Crippen LogP contribution in [0.3, 0.4) is 0 Å². The van der Waals surface area contributed by atoms with Gasteiger partial charge in [0.2, 0.25) is 10.0 Å². The molecule has 0 unspecified atom stereocenters. The second-order valence-electron chi connectivity index (χ2n) is 8.41. The first-order valence-corrected chi connectivity index (χ1v) is 12.8. The van der Waals surface area contributed by atoms with Crippen LogP contribution >= 0.6 is 0 Å². The van der Waals surface area contributed by atoms with Gasteiger partial charge >= 0.3 is 6.18 Å². The summed E-state index contributed by atoms with van der Waals surface area (Å²) in [5, 5.41) is 2.86. The molecular weight excluding hydrogens is 493 g/mol. The number of pyridine rings is 1. The van der Waals surface area contributed by atoms with E-state index in [4.69, 9.17) is 0 Å². The molecule has 2 aromatic carbocycles. The van der Waals surface area contributed by atoms with Crippen molar-refractivity contribution in [3.63, 3.8) is 0 Å². The molecule has 1 amide bonds. The molecule has 1 aliphatic heterocycles. The number of halogens is 3. The highest BCUT2D eigenvalue weighted by molar-refractivity contribution is 7.89. The number of nitrogens with zero attached hydrogens (tertiary/aromatic N) is 2. The zero-order valence-corrected chi connectivity index (χ0v) is 20.2. The Balaban J connectivity index is 1.50. The van der Waals surface area contributed by atoms with Crippen LogP contribution in [0.1, 0.15) is 28.8 Å². The smallest absolute Gasteiger partial charge is 0.372 e. The molecule has 1 saturated heterocycles. The van der Waals surface area contributed by atoms with Crippen LogP contribution in [0, 0.1) is 0 Å². The first-order chi connectivity index (χ1) is 17.1. The molecule has 2 heterocycles. The predicted octanol–water partition coefficient (Wildman–Crippen LogP) is 4.39. The number of carbonyl (C=O) groups excluding carboxylic acids is 1. The minimum Gasteiger partial charge on any atom is -0.372 e. The second kappa shape index (κ2) is 10.3. The van der Waals surface area contributed by atoms with E-state index < -0.39 is 32.7 Å². The van der Waals surface area contributed by atoms with Crippen molar-refractivity contribution in [2.75, 3.05) is 25.5 Å². The number of carbonyl (C=O) groups is 1. The second-order valence-corrected chi connectivity index (χ2v) is 10.1. The van der Waals surface area contributed by atoms with Crippen molar-refractivity contribution < 1.29 is 26.4 Å². The monoisotopic (exact) mass is 518 g/mol. The molecule has 36 heavy (non-hydrogen) atoms. The van der Waals surface area contributed by atoms with E-state index in [0.717, 1.165) is 12.1 Å². The van der Waals surface area contributed by atoms with Gasteiger partial charge in [-0.3, -0.25) is 4.79 Å². The average Bonchev–Trinajstić information content (AvgIpc) is 2.88. The number of amides is 1. The molecule has 2 N–H and O–H groups in total. The molecule has 11 heteroatoms. The van der Waals surface area contributed by atoms with Crippen LogP contribution in [0.4, 0.5) is 19.0 Å². The summed E-state index contributed by atoms with van der Waals surface area (Å²) in [5.41, 5.74) is -0.00970. The van der Waals surface area contributed by atoms with Crippen molar-refractivity contribution in [2.45, 2.75) is 30.0 Å². The van der Waals surface area contributed by atoms with Crippen LogP contribution in [-0.2, 0) is 16.2 Å². The summed E-state index contributed by atoms with van der Waals surface area (Å²) in [6, 6.07) is 14.4. The number of likely N-dealkylation sites (tertiary alicyclic amines) is 1. The molecule has 1 fully saturated rings. The van der Waals surface area contributed by atoms with Crippen LogP contribution in [0.5, 0.6) is 0 Å². The SMILES string of the molecule is CNc1ncccc1C(=O)N1CCC(NS(=O)(=O)c2ccc(-c3ccccc3)cc2C(F)(F)F)CC1. The first-order valence-electron chi connectivity index (χ1n) is 11.3. The Morgan fingerprint density at radius 2 is 1.69 bits per heavy atom. The van der Waals surface area contributed by atoms with Gasteiger partial charge in [-0.05, 0) is 48.2 Å². The molecule has 0 atom stereocenters. The highest BCUT2D eigenvalue weighted by Gasteiger charge is 2.38. The van der Waals surface area contributed by atoms with Crippen molar-refractivity contribution in [1.29, 1.82) is 0 Å². The van der Waals surface area contributed by atoms with Gasteiger partial charge in [0.05, 0.1) is 16.0 Å². The fourth-order valence-electron chi connectivity index (χ4n) is 4.23. The van der Waals surface area contributed by atoms with Gasteiger partial charge in [0.1, 0.15) is 5.82 Å². The Labute approximate surface area is 207 Å². The molecule has 190 valence electrons. The van der Waals surface area contributed by atoms with Gasteiger partial charge in [-0.1, -0.05) is 36.4 Å². The summed E-state index contributed by atoms with van der Waals surface area (Å²) in [6.45, 7) is 0.506. The minimum atomic E-state index is -4.86. The third kappa shape index (κ3) is 5.52. The summed E-state index contributed by atoms with van der Waals surface area (Å²) in [5.74, 6) is 0.188. The van der Waals surface area contributed by atoms with Crippen LogP contribution < -0.4 is 10.0 Å². The standard InChI is InChI=1S/C25H25F3N4O3S/c1-29-23-20(8-5-13-30-23)24(33)32-14-11-19(12-15-32)31-36(34,35)22-10-9-18(16-21(22)25(26,27)28)17-6-3-2-4-7-17/h2-10,13,16,19,31H,11-12,14-15H2,1H3,(H,29,30). The van der Waals surface area contributed by atoms with Crippen LogP contribution in [0.25, 0.3) is 11.1 Å². The molecule has 0 radical (unpaired) electrons. The maximum Gasteiger partial charge on any atom is 0.417 e. The molecule has 0 spiro atoms. The van der Waals surface area contributed by atoms with Gasteiger partial charge < -0.3 is 10.2 Å². The van der Waals surface area contributed by atoms with Gasteiger partial charge in [-0.2, -0.15) is 13.2 Å². The van der Waals surface area contributed by atoms with Crippen molar-refractivity contribution in [3.8, 4) is 11.1 Å².